The smallest absolute Gasteiger partial charge is 0.266 e. The van der Waals surface area contributed by atoms with Gasteiger partial charge in [-0.3, -0.25) is 14.2 Å². The number of hydrogen-bond acceptors (Lipinski definition) is 5. The van der Waals surface area contributed by atoms with E-state index in [9.17, 15) is 14.0 Å². The third-order valence-corrected chi connectivity index (χ3v) is 5.51. The maximum atomic E-state index is 13.2. The Kier molecular flexibility index (Phi) is 5.63. The van der Waals surface area contributed by atoms with E-state index in [1.54, 1.807) is 49.6 Å². The van der Waals surface area contributed by atoms with Crippen molar-refractivity contribution in [2.75, 3.05) is 12.9 Å². The van der Waals surface area contributed by atoms with Crippen LogP contribution in [-0.4, -0.2) is 28.2 Å². The minimum Gasteiger partial charge on any atom is -0.497 e. The van der Waals surface area contributed by atoms with E-state index in [4.69, 9.17) is 4.74 Å². The summed E-state index contributed by atoms with van der Waals surface area (Å²) >= 11 is 1.17. The van der Waals surface area contributed by atoms with Gasteiger partial charge in [-0.1, -0.05) is 23.9 Å². The average molecular weight is 420 g/mol. The normalized spacial score (nSPS) is 10.9. The van der Waals surface area contributed by atoms with Crippen LogP contribution in [0.2, 0.25) is 0 Å². The number of aromatic nitrogens is 2. The SMILES string of the molecule is COc1ccc(-n2c(SCC(=O)c3ccc(F)cc3)nc3ccccc3c2=O)cc1. The molecule has 0 amide bonds. The lowest BCUT2D eigenvalue weighted by atomic mass is 10.1. The number of Topliss-reactive ketones (excluding diaryl/α,β-unsaturated/α-hetero) is 1. The van der Waals surface area contributed by atoms with Crippen LogP contribution in [0.5, 0.6) is 5.75 Å². The highest BCUT2D eigenvalue weighted by atomic mass is 32.2. The average Bonchev–Trinajstić information content (AvgIpc) is 2.78. The molecule has 0 aliphatic heterocycles. The first-order chi connectivity index (χ1) is 14.6. The molecular formula is C23H17FN2O3S. The van der Waals surface area contributed by atoms with Crippen LogP contribution in [0.4, 0.5) is 4.39 Å². The summed E-state index contributed by atoms with van der Waals surface area (Å²) in [5.74, 6) is 0.153. The van der Waals surface area contributed by atoms with Crippen molar-refractivity contribution in [3.8, 4) is 11.4 Å². The van der Waals surface area contributed by atoms with E-state index < -0.39 is 5.82 Å². The summed E-state index contributed by atoms with van der Waals surface area (Å²) in [6.07, 6.45) is 0. The molecule has 0 N–H and O–H groups in total. The number of ketones is 1. The van der Waals surface area contributed by atoms with Crippen molar-refractivity contribution in [2.24, 2.45) is 0 Å². The number of thioether (sulfide) groups is 1. The van der Waals surface area contributed by atoms with Gasteiger partial charge in [-0.05, 0) is 60.7 Å². The van der Waals surface area contributed by atoms with Crippen molar-refractivity contribution in [1.82, 2.24) is 9.55 Å². The molecule has 3 aromatic carbocycles. The highest BCUT2D eigenvalue weighted by Gasteiger charge is 2.15. The predicted octanol–water partition coefficient (Wildman–Crippen LogP) is 4.51. The molecule has 0 saturated heterocycles. The van der Waals surface area contributed by atoms with Crippen LogP contribution in [0.1, 0.15) is 10.4 Å². The molecule has 0 unspecified atom stereocenters. The fourth-order valence-electron chi connectivity index (χ4n) is 3.02. The van der Waals surface area contributed by atoms with Gasteiger partial charge in [0.15, 0.2) is 10.9 Å². The fraction of sp³-hybridized carbons (Fsp3) is 0.0870. The molecule has 0 aliphatic carbocycles. The molecule has 0 spiro atoms. The Morgan fingerprint density at radius 3 is 2.43 bits per heavy atom. The Morgan fingerprint density at radius 2 is 1.73 bits per heavy atom. The molecule has 0 atom stereocenters. The van der Waals surface area contributed by atoms with Crippen molar-refractivity contribution in [1.29, 1.82) is 0 Å². The molecule has 0 fully saturated rings. The number of fused-ring (bicyclic) bond motifs is 1. The van der Waals surface area contributed by atoms with E-state index >= 15 is 0 Å². The van der Waals surface area contributed by atoms with Crippen molar-refractivity contribution in [3.05, 3.63) is 94.5 Å². The molecule has 1 heterocycles. The molecule has 7 heteroatoms. The van der Waals surface area contributed by atoms with Gasteiger partial charge in [0, 0.05) is 5.56 Å². The number of carbonyl (C=O) groups excluding carboxylic acids is 1. The lowest BCUT2D eigenvalue weighted by molar-refractivity contribution is 0.102. The molecule has 0 bridgehead atoms. The van der Waals surface area contributed by atoms with Gasteiger partial charge in [-0.25, -0.2) is 9.37 Å². The van der Waals surface area contributed by atoms with Crippen LogP contribution in [0.3, 0.4) is 0 Å². The second-order valence-corrected chi connectivity index (χ2v) is 7.41. The fourth-order valence-corrected chi connectivity index (χ4v) is 3.92. The van der Waals surface area contributed by atoms with Gasteiger partial charge in [0.05, 0.1) is 29.5 Å². The zero-order valence-electron chi connectivity index (χ0n) is 16.0. The number of halogens is 1. The van der Waals surface area contributed by atoms with Gasteiger partial charge in [-0.15, -0.1) is 0 Å². The zero-order chi connectivity index (χ0) is 21.1. The van der Waals surface area contributed by atoms with Gasteiger partial charge in [0.1, 0.15) is 11.6 Å². The van der Waals surface area contributed by atoms with Crippen molar-refractivity contribution < 1.29 is 13.9 Å². The van der Waals surface area contributed by atoms with E-state index in [1.165, 1.54) is 40.6 Å². The first kappa shape index (κ1) is 19.8. The second kappa shape index (κ2) is 8.51. The van der Waals surface area contributed by atoms with E-state index in [2.05, 4.69) is 4.98 Å². The maximum absolute atomic E-state index is 13.2. The van der Waals surface area contributed by atoms with E-state index in [-0.39, 0.29) is 17.1 Å². The van der Waals surface area contributed by atoms with Gasteiger partial charge in [0.25, 0.3) is 5.56 Å². The predicted molar refractivity (Wildman–Crippen MR) is 115 cm³/mol. The van der Waals surface area contributed by atoms with Crippen molar-refractivity contribution in [3.63, 3.8) is 0 Å². The van der Waals surface area contributed by atoms with Crippen molar-refractivity contribution >= 4 is 28.4 Å². The first-order valence-electron chi connectivity index (χ1n) is 9.14. The highest BCUT2D eigenvalue weighted by Crippen LogP contribution is 2.23. The topological polar surface area (TPSA) is 61.2 Å². The van der Waals surface area contributed by atoms with Gasteiger partial charge >= 0.3 is 0 Å². The molecule has 4 aromatic rings. The molecule has 30 heavy (non-hydrogen) atoms. The molecule has 5 nitrogen and oxygen atoms in total. The quantitative estimate of drug-likeness (QED) is 0.261. The molecule has 0 aliphatic rings. The van der Waals surface area contributed by atoms with Crippen LogP contribution in [0.15, 0.2) is 82.7 Å². The number of benzene rings is 3. The van der Waals surface area contributed by atoms with E-state index in [0.717, 1.165) is 0 Å². The number of ether oxygens (including phenoxy) is 1. The minimum atomic E-state index is -0.399. The molecule has 0 radical (unpaired) electrons. The van der Waals surface area contributed by atoms with Crippen LogP contribution in [0.25, 0.3) is 16.6 Å². The Bertz CT molecular complexity index is 1270. The molecule has 4 rings (SSSR count). The molecule has 1 aromatic heterocycles. The lowest BCUT2D eigenvalue weighted by Crippen LogP contribution is -2.22. The summed E-state index contributed by atoms with van der Waals surface area (Å²) in [6, 6.07) is 19.5. The third kappa shape index (κ3) is 3.97. The van der Waals surface area contributed by atoms with Gasteiger partial charge in [0.2, 0.25) is 0 Å². The second-order valence-electron chi connectivity index (χ2n) is 6.47. The summed E-state index contributed by atoms with van der Waals surface area (Å²) in [5, 5.41) is 0.891. The number of carbonyl (C=O) groups is 1. The van der Waals surface area contributed by atoms with Gasteiger partial charge < -0.3 is 4.74 Å². The molecule has 150 valence electrons. The molecule has 0 saturated carbocycles. The standard InChI is InChI=1S/C23H17FN2O3S/c1-29-18-12-10-17(11-13-18)26-22(28)19-4-2-3-5-20(19)25-23(26)30-14-21(27)15-6-8-16(24)9-7-15/h2-13H,14H2,1H3. The minimum absolute atomic E-state index is 0.0621. The summed E-state index contributed by atoms with van der Waals surface area (Å²) in [4.78, 5) is 30.4. The summed E-state index contributed by atoms with van der Waals surface area (Å²) in [7, 11) is 1.57. The number of rotatable bonds is 6. The van der Waals surface area contributed by atoms with Crippen LogP contribution < -0.4 is 10.3 Å². The first-order valence-corrected chi connectivity index (χ1v) is 10.1. The van der Waals surface area contributed by atoms with E-state index in [0.29, 0.717) is 33.1 Å². The highest BCUT2D eigenvalue weighted by molar-refractivity contribution is 7.99. The largest absolute Gasteiger partial charge is 0.497 e. The maximum Gasteiger partial charge on any atom is 0.266 e. The molecular weight excluding hydrogens is 403 g/mol. The number of methoxy groups -OCH3 is 1. The lowest BCUT2D eigenvalue weighted by Gasteiger charge is -2.13. The van der Waals surface area contributed by atoms with E-state index in [1.807, 2.05) is 6.07 Å². The van der Waals surface area contributed by atoms with Crippen molar-refractivity contribution in [2.45, 2.75) is 5.16 Å². The monoisotopic (exact) mass is 420 g/mol. The Hall–Kier alpha value is -3.45. The number of para-hydroxylation sites is 1. The van der Waals surface area contributed by atoms with Crippen LogP contribution in [-0.2, 0) is 0 Å². The Balaban J connectivity index is 1.74. The Morgan fingerprint density at radius 1 is 1.03 bits per heavy atom. The van der Waals surface area contributed by atoms with Crippen LogP contribution >= 0.6 is 11.8 Å². The number of hydrogen-bond donors (Lipinski definition) is 0. The Labute approximate surface area is 176 Å². The summed E-state index contributed by atoms with van der Waals surface area (Å²) in [6.45, 7) is 0. The summed E-state index contributed by atoms with van der Waals surface area (Å²) < 4.78 is 19.8. The number of nitrogens with zero attached hydrogens (tertiary/aromatic N) is 2. The summed E-state index contributed by atoms with van der Waals surface area (Å²) in [5.41, 5.74) is 1.37. The zero-order valence-corrected chi connectivity index (χ0v) is 16.9. The third-order valence-electron chi connectivity index (χ3n) is 4.57. The van der Waals surface area contributed by atoms with Gasteiger partial charge in [-0.2, -0.15) is 0 Å². The van der Waals surface area contributed by atoms with Crippen LogP contribution in [0, 0.1) is 5.82 Å².